The second-order valence-electron chi connectivity index (χ2n) is 10.6. The average Bonchev–Trinajstić information content (AvgIpc) is 3.81. The number of aryl methyl sites for hydroxylation is 2. The molecular weight excluding hydrogens is 597 g/mol. The first-order chi connectivity index (χ1) is 20.3. The van der Waals surface area contributed by atoms with Crippen molar-refractivity contribution in [2.45, 2.75) is 51.6 Å². The third kappa shape index (κ3) is 9.22. The van der Waals surface area contributed by atoms with Crippen LogP contribution >= 0.6 is 34.8 Å². The fraction of sp³-hybridized carbons (Fsp3) is 0.438. The number of amides is 1. The smallest absolute Gasteiger partial charge is 0.227 e. The number of aromatic nitrogens is 1. The standard InChI is InChI=1S/C32H38Cl3N3O4/c1-21-14-28(33)31(29(34)15-21)42-13-12-41-27-9-5-22(6-10-27)16-23(18-36)32(39)38(26-7-8-26)20-24-17-25(4-3-11-40-2)37-19-30(24)35/h5-6,9-10,14-15,17,19,23,26H,3-4,7-8,11-13,16,18,20,36H2,1-2H3/t23-/m1/s1. The van der Waals surface area contributed by atoms with Gasteiger partial charge in [-0.05, 0) is 86.1 Å². The maximum atomic E-state index is 13.7. The summed E-state index contributed by atoms with van der Waals surface area (Å²) in [4.78, 5) is 20.1. The maximum Gasteiger partial charge on any atom is 0.227 e. The van der Waals surface area contributed by atoms with Gasteiger partial charge in [0.05, 0.1) is 21.0 Å². The quantitative estimate of drug-likeness (QED) is 0.177. The average molecular weight is 635 g/mol. The molecule has 0 bridgehead atoms. The molecule has 0 radical (unpaired) electrons. The van der Waals surface area contributed by atoms with E-state index >= 15 is 0 Å². The minimum atomic E-state index is -0.337. The first-order valence-electron chi connectivity index (χ1n) is 14.2. The third-order valence-corrected chi connectivity index (χ3v) is 8.07. The molecule has 4 rings (SSSR count). The van der Waals surface area contributed by atoms with Crippen LogP contribution in [0.15, 0.2) is 48.7 Å². The van der Waals surface area contributed by atoms with Crippen molar-refractivity contribution in [2.24, 2.45) is 11.7 Å². The van der Waals surface area contributed by atoms with Crippen LogP contribution in [0.1, 0.15) is 41.6 Å². The number of benzene rings is 2. The zero-order valence-corrected chi connectivity index (χ0v) is 26.4. The number of hydrogen-bond donors (Lipinski definition) is 1. The summed E-state index contributed by atoms with van der Waals surface area (Å²) in [6, 6.07) is 13.5. The van der Waals surface area contributed by atoms with E-state index in [1.54, 1.807) is 25.4 Å². The Morgan fingerprint density at radius 3 is 2.36 bits per heavy atom. The molecule has 0 unspecified atom stereocenters. The summed E-state index contributed by atoms with van der Waals surface area (Å²) in [5, 5.41) is 1.51. The van der Waals surface area contributed by atoms with Gasteiger partial charge in [-0.1, -0.05) is 46.9 Å². The van der Waals surface area contributed by atoms with Crippen LogP contribution < -0.4 is 15.2 Å². The molecule has 3 aromatic rings. The number of hydrogen-bond acceptors (Lipinski definition) is 6. The van der Waals surface area contributed by atoms with Crippen LogP contribution in [-0.2, 0) is 28.9 Å². The highest BCUT2D eigenvalue weighted by Gasteiger charge is 2.36. The van der Waals surface area contributed by atoms with Crippen molar-refractivity contribution in [1.29, 1.82) is 0 Å². The van der Waals surface area contributed by atoms with E-state index in [4.69, 9.17) is 54.7 Å². The van der Waals surface area contributed by atoms with Gasteiger partial charge < -0.3 is 24.8 Å². The predicted molar refractivity (Wildman–Crippen MR) is 168 cm³/mol. The van der Waals surface area contributed by atoms with Crippen LogP contribution in [0.25, 0.3) is 0 Å². The van der Waals surface area contributed by atoms with Crippen molar-refractivity contribution in [3.63, 3.8) is 0 Å². The number of halogens is 3. The maximum absolute atomic E-state index is 13.7. The lowest BCUT2D eigenvalue weighted by Gasteiger charge is -2.27. The highest BCUT2D eigenvalue weighted by molar-refractivity contribution is 6.37. The first-order valence-corrected chi connectivity index (χ1v) is 15.3. The van der Waals surface area contributed by atoms with Gasteiger partial charge in [0.25, 0.3) is 0 Å². The number of methoxy groups -OCH3 is 1. The summed E-state index contributed by atoms with van der Waals surface area (Å²) in [6.45, 7) is 3.92. The van der Waals surface area contributed by atoms with Crippen molar-refractivity contribution in [3.05, 3.63) is 86.1 Å². The van der Waals surface area contributed by atoms with Gasteiger partial charge in [0, 0.05) is 44.7 Å². The zero-order chi connectivity index (χ0) is 30.1. The van der Waals surface area contributed by atoms with Crippen molar-refractivity contribution in [3.8, 4) is 11.5 Å². The van der Waals surface area contributed by atoms with E-state index in [1.165, 1.54) is 0 Å². The Labute approximate surface area is 263 Å². The number of nitrogens with zero attached hydrogens (tertiary/aromatic N) is 2. The van der Waals surface area contributed by atoms with E-state index < -0.39 is 0 Å². The normalized spacial score (nSPS) is 13.6. The topological polar surface area (TPSA) is 86.9 Å². The summed E-state index contributed by atoms with van der Waals surface area (Å²) >= 11 is 19.0. The van der Waals surface area contributed by atoms with Gasteiger partial charge in [-0.15, -0.1) is 0 Å². The largest absolute Gasteiger partial charge is 0.490 e. The van der Waals surface area contributed by atoms with Crippen LogP contribution in [0, 0.1) is 12.8 Å². The van der Waals surface area contributed by atoms with Crippen LogP contribution in [0.3, 0.4) is 0 Å². The molecule has 1 amide bonds. The molecule has 1 aliphatic carbocycles. The van der Waals surface area contributed by atoms with Gasteiger partial charge in [-0.3, -0.25) is 9.78 Å². The summed E-state index contributed by atoms with van der Waals surface area (Å²) in [5.74, 6) is 0.873. The van der Waals surface area contributed by atoms with Gasteiger partial charge in [0.1, 0.15) is 19.0 Å². The minimum absolute atomic E-state index is 0.0553. The molecule has 0 spiro atoms. The van der Waals surface area contributed by atoms with E-state index in [9.17, 15) is 4.79 Å². The lowest BCUT2D eigenvalue weighted by molar-refractivity contribution is -0.136. The lowest BCUT2D eigenvalue weighted by Crippen LogP contribution is -2.41. The molecule has 10 heteroatoms. The molecule has 0 aliphatic heterocycles. The summed E-state index contributed by atoms with van der Waals surface area (Å²) in [7, 11) is 1.69. The SMILES string of the molecule is COCCCc1cc(CN(C(=O)[C@@H](CN)Cc2ccc(OCCOc3c(Cl)cc(C)cc3Cl)cc2)C2CC2)c(Cl)cn1. The van der Waals surface area contributed by atoms with Crippen LogP contribution in [-0.4, -0.2) is 55.3 Å². The van der Waals surface area contributed by atoms with Gasteiger partial charge >= 0.3 is 0 Å². The van der Waals surface area contributed by atoms with Gasteiger partial charge in [0.2, 0.25) is 5.91 Å². The third-order valence-electron chi connectivity index (χ3n) is 7.16. The van der Waals surface area contributed by atoms with Crippen molar-refractivity contribution in [1.82, 2.24) is 9.88 Å². The number of carbonyl (C=O) groups is 1. The van der Waals surface area contributed by atoms with E-state index in [-0.39, 0.29) is 24.4 Å². The summed E-state index contributed by atoms with van der Waals surface area (Å²) in [5.41, 5.74) is 9.97. The molecule has 1 fully saturated rings. The van der Waals surface area contributed by atoms with Gasteiger partial charge in [-0.2, -0.15) is 0 Å². The Morgan fingerprint density at radius 2 is 1.71 bits per heavy atom. The Bertz CT molecular complexity index is 1310. The molecule has 1 atom stereocenters. The monoisotopic (exact) mass is 633 g/mol. The Morgan fingerprint density at radius 1 is 1.02 bits per heavy atom. The molecule has 42 heavy (non-hydrogen) atoms. The first kappa shape index (κ1) is 32.4. The van der Waals surface area contributed by atoms with E-state index in [0.717, 1.165) is 48.1 Å². The van der Waals surface area contributed by atoms with Crippen LogP contribution in [0.4, 0.5) is 0 Å². The number of carbonyl (C=O) groups excluding carboxylic acids is 1. The van der Waals surface area contributed by atoms with E-state index in [0.29, 0.717) is 59.4 Å². The Balaban J connectivity index is 1.32. The summed E-state index contributed by atoms with van der Waals surface area (Å²) < 4.78 is 16.7. The van der Waals surface area contributed by atoms with Crippen molar-refractivity contribution < 1.29 is 19.0 Å². The molecule has 0 saturated heterocycles. The van der Waals surface area contributed by atoms with Crippen LogP contribution in [0.2, 0.25) is 15.1 Å². The molecule has 1 aromatic heterocycles. The molecule has 226 valence electrons. The molecule has 7 nitrogen and oxygen atoms in total. The molecule has 1 saturated carbocycles. The van der Waals surface area contributed by atoms with E-state index in [2.05, 4.69) is 4.98 Å². The highest BCUT2D eigenvalue weighted by atomic mass is 35.5. The number of ether oxygens (including phenoxy) is 3. The Kier molecular flexibility index (Phi) is 12.2. The molecule has 1 aliphatic rings. The highest BCUT2D eigenvalue weighted by Crippen LogP contribution is 2.34. The van der Waals surface area contributed by atoms with Gasteiger partial charge in [0.15, 0.2) is 5.75 Å². The second kappa shape index (κ2) is 15.8. The Hall–Kier alpha value is -2.55. The molecular formula is C32H38Cl3N3O4. The zero-order valence-electron chi connectivity index (χ0n) is 24.1. The number of pyridine rings is 1. The van der Waals surface area contributed by atoms with Crippen molar-refractivity contribution in [2.75, 3.05) is 33.5 Å². The fourth-order valence-corrected chi connectivity index (χ4v) is 5.65. The van der Waals surface area contributed by atoms with Crippen LogP contribution in [0.5, 0.6) is 11.5 Å². The molecule has 2 N–H and O–H groups in total. The van der Waals surface area contributed by atoms with E-state index in [1.807, 2.05) is 42.2 Å². The predicted octanol–water partition coefficient (Wildman–Crippen LogP) is 6.70. The lowest BCUT2D eigenvalue weighted by atomic mass is 9.97. The summed E-state index contributed by atoms with van der Waals surface area (Å²) in [6.07, 6.45) is 5.87. The number of rotatable bonds is 16. The minimum Gasteiger partial charge on any atom is -0.490 e. The van der Waals surface area contributed by atoms with Gasteiger partial charge in [-0.25, -0.2) is 0 Å². The van der Waals surface area contributed by atoms with Crippen molar-refractivity contribution >= 4 is 40.7 Å². The molecule has 2 aromatic carbocycles. The fourth-order valence-electron chi connectivity index (χ4n) is 4.78. The molecule has 1 heterocycles. The number of nitrogens with two attached hydrogens (primary N) is 1. The second-order valence-corrected chi connectivity index (χ2v) is 11.8.